The molecule has 2 saturated heterocycles. The smallest absolute Gasteiger partial charge is 0.228 e. The van der Waals surface area contributed by atoms with Crippen molar-refractivity contribution >= 4 is 23.4 Å². The molecule has 1 aromatic rings. The molecule has 6 heteroatoms. The van der Waals surface area contributed by atoms with Gasteiger partial charge in [0.1, 0.15) is 11.0 Å². The zero-order valence-electron chi connectivity index (χ0n) is 10.4. The fourth-order valence-corrected chi connectivity index (χ4v) is 2.68. The summed E-state index contributed by atoms with van der Waals surface area (Å²) in [4.78, 5) is 13.5. The summed E-state index contributed by atoms with van der Waals surface area (Å²) >= 11 is 6.13. The quantitative estimate of drug-likeness (QED) is 0.814. The van der Waals surface area contributed by atoms with Crippen LogP contribution in [0.4, 0.5) is 11.8 Å². The first-order valence-corrected chi connectivity index (χ1v) is 6.96. The third-order valence-electron chi connectivity index (χ3n) is 3.50. The van der Waals surface area contributed by atoms with Crippen molar-refractivity contribution in [3.63, 3.8) is 0 Å². The summed E-state index contributed by atoms with van der Waals surface area (Å²) in [6.07, 6.45) is 2.48. The van der Waals surface area contributed by atoms with E-state index in [1.54, 1.807) is 0 Å². The molecule has 2 aliphatic rings. The number of aromatic nitrogens is 2. The highest BCUT2D eigenvalue weighted by Gasteiger charge is 2.18. The lowest BCUT2D eigenvalue weighted by molar-refractivity contribution is 0.579. The van der Waals surface area contributed by atoms with E-state index in [1.807, 2.05) is 6.07 Å². The Morgan fingerprint density at radius 2 is 1.72 bits per heavy atom. The summed E-state index contributed by atoms with van der Waals surface area (Å²) in [7, 11) is 0. The van der Waals surface area contributed by atoms with Gasteiger partial charge in [0.05, 0.1) is 0 Å². The molecule has 2 aliphatic heterocycles. The standard InChI is InChI=1S/C12H18ClN5/c13-10-9-11(17-5-1-2-6-17)16-12(15-10)18-7-3-14-4-8-18/h9,14H,1-8H2. The molecule has 3 heterocycles. The summed E-state index contributed by atoms with van der Waals surface area (Å²) in [5.41, 5.74) is 0. The van der Waals surface area contributed by atoms with Crippen molar-refractivity contribution in [2.45, 2.75) is 12.8 Å². The molecule has 0 amide bonds. The second kappa shape index (κ2) is 5.28. The van der Waals surface area contributed by atoms with E-state index < -0.39 is 0 Å². The van der Waals surface area contributed by atoms with E-state index in [4.69, 9.17) is 11.6 Å². The number of nitrogens with one attached hydrogen (secondary N) is 1. The number of halogens is 1. The first-order valence-electron chi connectivity index (χ1n) is 6.58. The SMILES string of the molecule is Clc1cc(N2CCCC2)nc(N2CCNCC2)n1. The van der Waals surface area contributed by atoms with Crippen LogP contribution >= 0.6 is 11.6 Å². The van der Waals surface area contributed by atoms with Crippen LogP contribution in [0, 0.1) is 0 Å². The molecular formula is C12H18ClN5. The van der Waals surface area contributed by atoms with Crippen molar-refractivity contribution in [1.82, 2.24) is 15.3 Å². The fourth-order valence-electron chi connectivity index (χ4n) is 2.51. The van der Waals surface area contributed by atoms with E-state index in [0.717, 1.165) is 51.0 Å². The molecule has 98 valence electrons. The molecule has 0 atom stereocenters. The molecule has 1 N–H and O–H groups in total. The lowest BCUT2D eigenvalue weighted by Crippen LogP contribution is -2.44. The number of piperazine rings is 1. The zero-order chi connectivity index (χ0) is 12.4. The molecule has 0 aliphatic carbocycles. The van der Waals surface area contributed by atoms with Gasteiger partial charge in [-0.1, -0.05) is 11.6 Å². The fraction of sp³-hybridized carbons (Fsp3) is 0.667. The highest BCUT2D eigenvalue weighted by molar-refractivity contribution is 6.29. The number of hydrogen-bond acceptors (Lipinski definition) is 5. The van der Waals surface area contributed by atoms with E-state index in [-0.39, 0.29) is 0 Å². The van der Waals surface area contributed by atoms with Gasteiger partial charge in [0.15, 0.2) is 0 Å². The Balaban J connectivity index is 1.84. The average Bonchev–Trinajstić information content (AvgIpc) is 2.93. The molecule has 0 aromatic carbocycles. The van der Waals surface area contributed by atoms with Crippen LogP contribution < -0.4 is 15.1 Å². The van der Waals surface area contributed by atoms with Crippen LogP contribution in [-0.2, 0) is 0 Å². The second-order valence-corrected chi connectivity index (χ2v) is 5.17. The number of hydrogen-bond donors (Lipinski definition) is 1. The summed E-state index contributed by atoms with van der Waals surface area (Å²) in [5, 5.41) is 3.87. The highest BCUT2D eigenvalue weighted by Crippen LogP contribution is 2.23. The monoisotopic (exact) mass is 267 g/mol. The Bertz CT molecular complexity index is 413. The van der Waals surface area contributed by atoms with Gasteiger partial charge in [0.2, 0.25) is 5.95 Å². The summed E-state index contributed by atoms with van der Waals surface area (Å²) < 4.78 is 0. The van der Waals surface area contributed by atoms with E-state index in [9.17, 15) is 0 Å². The molecule has 0 unspecified atom stereocenters. The summed E-state index contributed by atoms with van der Waals surface area (Å²) in [5.74, 6) is 1.74. The first kappa shape index (κ1) is 12.0. The molecule has 0 spiro atoms. The topological polar surface area (TPSA) is 44.3 Å². The minimum atomic E-state index is 0.542. The zero-order valence-corrected chi connectivity index (χ0v) is 11.2. The van der Waals surface area contributed by atoms with Crippen molar-refractivity contribution in [3.8, 4) is 0 Å². The lowest BCUT2D eigenvalue weighted by Gasteiger charge is -2.28. The summed E-state index contributed by atoms with van der Waals surface area (Å²) in [6.45, 7) is 6.01. The largest absolute Gasteiger partial charge is 0.356 e. The van der Waals surface area contributed by atoms with Crippen molar-refractivity contribution < 1.29 is 0 Å². The van der Waals surface area contributed by atoms with Crippen LogP contribution in [0.5, 0.6) is 0 Å². The maximum Gasteiger partial charge on any atom is 0.228 e. The molecule has 1 aromatic heterocycles. The van der Waals surface area contributed by atoms with Crippen LogP contribution in [0.25, 0.3) is 0 Å². The summed E-state index contributed by atoms with van der Waals surface area (Å²) in [6, 6.07) is 1.87. The van der Waals surface area contributed by atoms with Gasteiger partial charge in [-0.2, -0.15) is 4.98 Å². The highest BCUT2D eigenvalue weighted by atomic mass is 35.5. The number of nitrogens with zero attached hydrogens (tertiary/aromatic N) is 4. The molecule has 2 fully saturated rings. The molecule has 0 bridgehead atoms. The van der Waals surface area contributed by atoms with E-state index in [1.165, 1.54) is 12.8 Å². The van der Waals surface area contributed by atoms with Crippen LogP contribution in [0.3, 0.4) is 0 Å². The maximum atomic E-state index is 6.13. The predicted octanol–water partition coefficient (Wildman–Crippen LogP) is 1.14. The van der Waals surface area contributed by atoms with Gasteiger partial charge in [-0.3, -0.25) is 0 Å². The van der Waals surface area contributed by atoms with Gasteiger partial charge in [-0.25, -0.2) is 4.98 Å². The Morgan fingerprint density at radius 1 is 1.00 bits per heavy atom. The van der Waals surface area contributed by atoms with E-state index in [2.05, 4.69) is 25.1 Å². The average molecular weight is 268 g/mol. The van der Waals surface area contributed by atoms with Crippen molar-refractivity contribution in [2.75, 3.05) is 49.1 Å². The van der Waals surface area contributed by atoms with Gasteiger partial charge in [-0.15, -0.1) is 0 Å². The normalized spacial score (nSPS) is 20.5. The van der Waals surface area contributed by atoms with Gasteiger partial charge in [0.25, 0.3) is 0 Å². The van der Waals surface area contributed by atoms with Crippen LogP contribution in [0.15, 0.2) is 6.07 Å². The molecule has 5 nitrogen and oxygen atoms in total. The van der Waals surface area contributed by atoms with Gasteiger partial charge >= 0.3 is 0 Å². The first-order chi connectivity index (χ1) is 8.83. The van der Waals surface area contributed by atoms with E-state index >= 15 is 0 Å². The maximum absolute atomic E-state index is 6.13. The third-order valence-corrected chi connectivity index (χ3v) is 3.69. The molecule has 3 rings (SSSR count). The Hall–Kier alpha value is -1.07. The Labute approximate surface area is 112 Å². The number of rotatable bonds is 2. The second-order valence-electron chi connectivity index (χ2n) is 4.78. The van der Waals surface area contributed by atoms with Crippen LogP contribution in [-0.4, -0.2) is 49.2 Å². The van der Waals surface area contributed by atoms with Crippen LogP contribution in [0.2, 0.25) is 5.15 Å². The minimum Gasteiger partial charge on any atom is -0.356 e. The van der Waals surface area contributed by atoms with Crippen molar-refractivity contribution in [3.05, 3.63) is 11.2 Å². The van der Waals surface area contributed by atoms with Gasteiger partial charge in [0, 0.05) is 45.3 Å². The van der Waals surface area contributed by atoms with Crippen LogP contribution in [0.1, 0.15) is 12.8 Å². The van der Waals surface area contributed by atoms with Crippen molar-refractivity contribution in [1.29, 1.82) is 0 Å². The number of anilines is 2. The third kappa shape index (κ3) is 2.52. The lowest BCUT2D eigenvalue weighted by atomic mass is 10.4. The van der Waals surface area contributed by atoms with Crippen molar-refractivity contribution in [2.24, 2.45) is 0 Å². The van der Waals surface area contributed by atoms with E-state index in [0.29, 0.717) is 5.15 Å². The van der Waals surface area contributed by atoms with Gasteiger partial charge < -0.3 is 15.1 Å². The molecule has 0 saturated carbocycles. The predicted molar refractivity (Wildman–Crippen MR) is 73.6 cm³/mol. The minimum absolute atomic E-state index is 0.542. The molecular weight excluding hydrogens is 250 g/mol. The Morgan fingerprint density at radius 3 is 2.44 bits per heavy atom. The Kier molecular flexibility index (Phi) is 3.52. The molecule has 0 radical (unpaired) electrons. The van der Waals surface area contributed by atoms with Gasteiger partial charge in [-0.05, 0) is 12.8 Å². The molecule has 18 heavy (non-hydrogen) atoms.